The maximum absolute atomic E-state index is 12.6. The summed E-state index contributed by atoms with van der Waals surface area (Å²) in [5, 5.41) is 0. The quantitative estimate of drug-likeness (QED) is 0.845. The van der Waals surface area contributed by atoms with E-state index in [-0.39, 0.29) is 29.4 Å². The van der Waals surface area contributed by atoms with Crippen molar-refractivity contribution in [2.24, 2.45) is 0 Å². The van der Waals surface area contributed by atoms with Gasteiger partial charge in [-0.25, -0.2) is 4.98 Å². The molecule has 0 aliphatic rings. The minimum Gasteiger partial charge on any atom is -0.313 e. The molecule has 0 saturated heterocycles. The van der Waals surface area contributed by atoms with Gasteiger partial charge in [-0.1, -0.05) is 26.0 Å². The van der Waals surface area contributed by atoms with Crippen LogP contribution in [0.4, 0.5) is 13.2 Å². The Morgan fingerprint density at radius 1 is 1.25 bits per heavy atom. The van der Waals surface area contributed by atoms with Crippen molar-refractivity contribution >= 4 is 5.78 Å². The number of nitrogens with one attached hydrogen (secondary N) is 1. The van der Waals surface area contributed by atoms with Gasteiger partial charge in [0.25, 0.3) is 5.56 Å². The van der Waals surface area contributed by atoms with E-state index in [4.69, 9.17) is 0 Å². The molecule has 7 heteroatoms. The lowest BCUT2D eigenvalue weighted by Crippen LogP contribution is -2.20. The van der Waals surface area contributed by atoms with E-state index >= 15 is 0 Å². The molecule has 0 unspecified atom stereocenters. The van der Waals surface area contributed by atoms with Crippen LogP contribution in [0.5, 0.6) is 0 Å². The molecular weight excluding hydrogens is 321 g/mol. The van der Waals surface area contributed by atoms with Crippen molar-refractivity contribution in [3.05, 3.63) is 63.3 Å². The van der Waals surface area contributed by atoms with Crippen LogP contribution in [-0.4, -0.2) is 15.8 Å². The van der Waals surface area contributed by atoms with Gasteiger partial charge in [-0.2, -0.15) is 13.2 Å². The molecule has 1 aromatic heterocycles. The summed E-state index contributed by atoms with van der Waals surface area (Å²) >= 11 is 0. The fourth-order valence-electron chi connectivity index (χ4n) is 2.49. The third kappa shape index (κ3) is 3.90. The molecule has 2 rings (SSSR count). The van der Waals surface area contributed by atoms with Gasteiger partial charge in [0.05, 0.1) is 11.9 Å². The van der Waals surface area contributed by atoms with Crippen LogP contribution in [-0.2, 0) is 12.6 Å². The lowest BCUT2D eigenvalue weighted by molar-refractivity contribution is -0.137. The summed E-state index contributed by atoms with van der Waals surface area (Å²) in [6, 6.07) is 4.73. The largest absolute Gasteiger partial charge is 0.416 e. The number of ketones is 1. The van der Waals surface area contributed by atoms with Gasteiger partial charge in [0.15, 0.2) is 5.78 Å². The molecule has 0 aliphatic heterocycles. The first-order chi connectivity index (χ1) is 11.2. The van der Waals surface area contributed by atoms with E-state index < -0.39 is 11.7 Å². The minimum atomic E-state index is -4.39. The summed E-state index contributed by atoms with van der Waals surface area (Å²) in [7, 11) is 0. The number of carbonyl (C=O) groups excluding carboxylic acids is 1. The molecule has 1 N–H and O–H groups in total. The normalized spacial score (nSPS) is 12.9. The van der Waals surface area contributed by atoms with Crippen LogP contribution in [0.2, 0.25) is 0 Å². The standard InChI is InChI=1S/C17H17F3N2O2/c1-3-13-15(21-9-22-16(13)24)14(23)8-10(2)11-4-6-12(7-5-11)17(18,19)20/h4-7,9-10H,3,8H2,1-2H3,(H,21,22,24)/t10-/m0/s1. The number of nitrogens with zero attached hydrogens (tertiary/aromatic N) is 1. The summed E-state index contributed by atoms with van der Waals surface area (Å²) in [6.45, 7) is 3.50. The summed E-state index contributed by atoms with van der Waals surface area (Å²) in [6.07, 6.45) is -2.77. The Bertz CT molecular complexity index is 780. The van der Waals surface area contributed by atoms with Gasteiger partial charge in [-0.05, 0) is 30.0 Å². The third-order valence-corrected chi connectivity index (χ3v) is 3.87. The molecule has 4 nitrogen and oxygen atoms in total. The van der Waals surface area contributed by atoms with Crippen LogP contribution in [0.25, 0.3) is 0 Å². The molecule has 2 aromatic rings. The minimum absolute atomic E-state index is 0.0643. The molecule has 128 valence electrons. The monoisotopic (exact) mass is 338 g/mol. The predicted octanol–water partition coefficient (Wildman–Crippen LogP) is 3.73. The number of hydrogen-bond acceptors (Lipinski definition) is 3. The van der Waals surface area contributed by atoms with E-state index in [2.05, 4.69) is 9.97 Å². The lowest BCUT2D eigenvalue weighted by Gasteiger charge is -2.13. The Kier molecular flexibility index (Phi) is 5.21. The molecule has 1 heterocycles. The van der Waals surface area contributed by atoms with Gasteiger partial charge in [0.1, 0.15) is 5.69 Å². The SMILES string of the molecule is CCc1c(C(=O)C[C@H](C)c2ccc(C(F)(F)F)cc2)nc[nH]c1=O. The first-order valence-electron chi connectivity index (χ1n) is 7.51. The van der Waals surface area contributed by atoms with Crippen LogP contribution in [0.1, 0.15) is 53.4 Å². The number of hydrogen-bond donors (Lipinski definition) is 1. The number of aromatic amines is 1. The highest BCUT2D eigenvalue weighted by atomic mass is 19.4. The van der Waals surface area contributed by atoms with Gasteiger partial charge in [0, 0.05) is 12.0 Å². The Morgan fingerprint density at radius 2 is 1.88 bits per heavy atom. The Morgan fingerprint density at radius 3 is 2.42 bits per heavy atom. The molecule has 0 spiro atoms. The number of carbonyl (C=O) groups is 1. The van der Waals surface area contributed by atoms with Crippen molar-refractivity contribution < 1.29 is 18.0 Å². The second-order valence-corrected chi connectivity index (χ2v) is 5.56. The van der Waals surface area contributed by atoms with Crippen molar-refractivity contribution in [3.63, 3.8) is 0 Å². The van der Waals surface area contributed by atoms with E-state index in [0.29, 0.717) is 17.5 Å². The third-order valence-electron chi connectivity index (χ3n) is 3.87. The maximum atomic E-state index is 12.6. The van der Waals surface area contributed by atoms with Gasteiger partial charge in [-0.15, -0.1) is 0 Å². The first kappa shape index (κ1) is 17.9. The number of benzene rings is 1. The predicted molar refractivity (Wildman–Crippen MR) is 83.0 cm³/mol. The molecule has 0 aliphatic carbocycles. The number of H-pyrrole nitrogens is 1. The zero-order valence-electron chi connectivity index (χ0n) is 13.3. The van der Waals surface area contributed by atoms with Gasteiger partial charge in [-0.3, -0.25) is 9.59 Å². The Labute approximate surface area is 136 Å². The van der Waals surface area contributed by atoms with Crippen molar-refractivity contribution in [3.8, 4) is 0 Å². The highest BCUT2D eigenvalue weighted by Crippen LogP contribution is 2.30. The van der Waals surface area contributed by atoms with E-state index in [9.17, 15) is 22.8 Å². The topological polar surface area (TPSA) is 62.8 Å². The Hall–Kier alpha value is -2.44. The average Bonchev–Trinajstić information content (AvgIpc) is 2.53. The summed E-state index contributed by atoms with van der Waals surface area (Å²) in [4.78, 5) is 30.5. The zero-order valence-corrected chi connectivity index (χ0v) is 13.3. The second kappa shape index (κ2) is 6.98. The van der Waals surface area contributed by atoms with Gasteiger partial charge in [0.2, 0.25) is 0 Å². The lowest BCUT2D eigenvalue weighted by atomic mass is 9.93. The van der Waals surface area contributed by atoms with Crippen molar-refractivity contribution in [2.45, 2.75) is 38.8 Å². The molecule has 1 aromatic carbocycles. The molecule has 24 heavy (non-hydrogen) atoms. The molecular formula is C17H17F3N2O2. The smallest absolute Gasteiger partial charge is 0.313 e. The summed E-state index contributed by atoms with van der Waals surface area (Å²) in [5.74, 6) is -0.587. The summed E-state index contributed by atoms with van der Waals surface area (Å²) in [5.41, 5.74) is -0.00583. The highest BCUT2D eigenvalue weighted by Gasteiger charge is 2.30. The Balaban J connectivity index is 2.18. The first-order valence-corrected chi connectivity index (χ1v) is 7.51. The van der Waals surface area contributed by atoms with E-state index in [0.717, 1.165) is 12.1 Å². The van der Waals surface area contributed by atoms with Crippen LogP contribution in [0, 0.1) is 0 Å². The molecule has 0 amide bonds. The number of alkyl halides is 3. The molecule has 0 bridgehead atoms. The van der Waals surface area contributed by atoms with E-state index in [1.54, 1.807) is 13.8 Å². The fraction of sp³-hybridized carbons (Fsp3) is 0.353. The number of rotatable bonds is 5. The average molecular weight is 338 g/mol. The van der Waals surface area contributed by atoms with Crippen LogP contribution in [0.3, 0.4) is 0 Å². The molecule has 1 atom stereocenters. The van der Waals surface area contributed by atoms with E-state index in [1.165, 1.54) is 18.5 Å². The summed E-state index contributed by atoms with van der Waals surface area (Å²) < 4.78 is 37.7. The second-order valence-electron chi connectivity index (χ2n) is 5.56. The van der Waals surface area contributed by atoms with E-state index in [1.807, 2.05) is 0 Å². The molecule has 0 saturated carbocycles. The van der Waals surface area contributed by atoms with Gasteiger partial charge < -0.3 is 4.98 Å². The van der Waals surface area contributed by atoms with Gasteiger partial charge >= 0.3 is 6.18 Å². The maximum Gasteiger partial charge on any atom is 0.416 e. The fourth-order valence-corrected chi connectivity index (χ4v) is 2.49. The van der Waals surface area contributed by atoms with Crippen LogP contribution >= 0.6 is 0 Å². The highest BCUT2D eigenvalue weighted by molar-refractivity contribution is 5.95. The molecule has 0 radical (unpaired) electrons. The van der Waals surface area contributed by atoms with Crippen LogP contribution < -0.4 is 5.56 Å². The van der Waals surface area contributed by atoms with Crippen molar-refractivity contribution in [1.82, 2.24) is 9.97 Å². The zero-order chi connectivity index (χ0) is 17.9. The number of aromatic nitrogens is 2. The van der Waals surface area contributed by atoms with Crippen molar-refractivity contribution in [2.75, 3.05) is 0 Å². The van der Waals surface area contributed by atoms with Crippen molar-refractivity contribution in [1.29, 1.82) is 0 Å². The molecule has 0 fully saturated rings. The number of Topliss-reactive ketones (excluding diaryl/α,β-unsaturated/α-hetero) is 1. The van der Waals surface area contributed by atoms with Crippen LogP contribution in [0.15, 0.2) is 35.4 Å². The number of halogens is 3.